The molecular weight excluding hydrogens is 328 g/mol. The molecular formula is C18H20O7. The number of benzene rings is 1. The Balaban J connectivity index is 2.17. The second-order valence-electron chi connectivity index (χ2n) is 6.60. The summed E-state index contributed by atoms with van der Waals surface area (Å²) in [4.78, 5) is 24.0. The quantitative estimate of drug-likeness (QED) is 0.759. The van der Waals surface area contributed by atoms with E-state index in [4.69, 9.17) is 18.9 Å². The highest BCUT2D eigenvalue weighted by Crippen LogP contribution is 2.51. The van der Waals surface area contributed by atoms with Gasteiger partial charge in [-0.1, -0.05) is 0 Å². The maximum Gasteiger partial charge on any atom is 0.378 e. The number of esters is 2. The summed E-state index contributed by atoms with van der Waals surface area (Å²) in [7, 11) is 2.38. The monoisotopic (exact) mass is 348 g/mol. The van der Waals surface area contributed by atoms with Gasteiger partial charge in [-0.05, 0) is 27.7 Å². The van der Waals surface area contributed by atoms with Crippen LogP contribution in [0.4, 0.5) is 0 Å². The second kappa shape index (κ2) is 5.68. The molecule has 0 aromatic heterocycles. The first kappa shape index (κ1) is 17.1. The Kier molecular flexibility index (Phi) is 3.89. The lowest BCUT2D eigenvalue weighted by Crippen LogP contribution is -2.26. The molecule has 0 fully saturated rings. The van der Waals surface area contributed by atoms with E-state index < -0.39 is 11.9 Å². The Morgan fingerprint density at radius 3 is 1.84 bits per heavy atom. The highest BCUT2D eigenvalue weighted by Gasteiger charge is 2.40. The second-order valence-corrected chi connectivity index (χ2v) is 6.60. The summed E-state index contributed by atoms with van der Waals surface area (Å²) in [5.74, 6) is -0.891. The van der Waals surface area contributed by atoms with E-state index in [0.29, 0.717) is 23.5 Å². The highest BCUT2D eigenvalue weighted by atomic mass is 16.6. The van der Waals surface area contributed by atoms with Crippen molar-refractivity contribution in [2.24, 2.45) is 0 Å². The normalized spacial score (nSPS) is 16.9. The van der Waals surface area contributed by atoms with Crippen LogP contribution in [-0.4, -0.2) is 31.8 Å². The molecule has 7 nitrogen and oxygen atoms in total. The summed E-state index contributed by atoms with van der Waals surface area (Å²) in [6.07, 6.45) is 0.701. The highest BCUT2D eigenvalue weighted by molar-refractivity contribution is 5.99. The Hall–Kier alpha value is -2.70. The van der Waals surface area contributed by atoms with Gasteiger partial charge in [0, 0.05) is 23.1 Å². The third-order valence-corrected chi connectivity index (χ3v) is 4.29. The van der Waals surface area contributed by atoms with Crippen molar-refractivity contribution in [2.75, 3.05) is 14.2 Å². The van der Waals surface area contributed by atoms with Crippen LogP contribution in [0.2, 0.25) is 0 Å². The predicted molar refractivity (Wildman–Crippen MR) is 86.6 cm³/mol. The third kappa shape index (κ3) is 2.59. The number of hydrogen-bond acceptors (Lipinski definition) is 7. The molecule has 0 atom stereocenters. The van der Waals surface area contributed by atoms with Gasteiger partial charge in [-0.3, -0.25) is 0 Å². The van der Waals surface area contributed by atoms with Crippen LogP contribution >= 0.6 is 0 Å². The fourth-order valence-electron chi connectivity index (χ4n) is 3.06. The maximum absolute atomic E-state index is 12.0. The van der Waals surface area contributed by atoms with Crippen LogP contribution in [0.3, 0.4) is 0 Å². The SMILES string of the molecule is COC(=O)C1=C(C(=O)OC)Oc2c(C)c3c(c(C)c2O1)CC(C)(C)O3. The lowest BCUT2D eigenvalue weighted by atomic mass is 9.95. The van der Waals surface area contributed by atoms with E-state index in [1.54, 1.807) is 0 Å². The summed E-state index contributed by atoms with van der Waals surface area (Å²) in [6, 6.07) is 0. The average molecular weight is 348 g/mol. The van der Waals surface area contributed by atoms with Gasteiger partial charge in [0.2, 0.25) is 0 Å². The zero-order chi connectivity index (χ0) is 18.5. The minimum Gasteiger partial charge on any atom is -0.487 e. The summed E-state index contributed by atoms with van der Waals surface area (Å²) in [6.45, 7) is 7.67. The molecule has 0 radical (unpaired) electrons. The molecule has 134 valence electrons. The van der Waals surface area contributed by atoms with Gasteiger partial charge in [-0.2, -0.15) is 0 Å². The van der Waals surface area contributed by atoms with E-state index in [-0.39, 0.29) is 17.1 Å². The predicted octanol–water partition coefficient (Wildman–Crippen LogP) is 2.35. The molecule has 25 heavy (non-hydrogen) atoms. The summed E-state index contributed by atoms with van der Waals surface area (Å²) >= 11 is 0. The van der Waals surface area contributed by atoms with Crippen LogP contribution in [0, 0.1) is 13.8 Å². The number of ether oxygens (including phenoxy) is 5. The van der Waals surface area contributed by atoms with Crippen molar-refractivity contribution in [3.8, 4) is 17.2 Å². The minimum atomic E-state index is -0.829. The fraction of sp³-hybridized carbons (Fsp3) is 0.444. The Morgan fingerprint density at radius 1 is 0.880 bits per heavy atom. The van der Waals surface area contributed by atoms with E-state index in [2.05, 4.69) is 4.74 Å². The zero-order valence-electron chi connectivity index (χ0n) is 15.1. The van der Waals surface area contributed by atoms with Crippen molar-refractivity contribution < 1.29 is 33.3 Å². The maximum atomic E-state index is 12.0. The van der Waals surface area contributed by atoms with E-state index in [0.717, 1.165) is 16.9 Å². The number of fused-ring (bicyclic) bond motifs is 2. The molecule has 0 N–H and O–H groups in total. The van der Waals surface area contributed by atoms with E-state index in [1.165, 1.54) is 14.2 Å². The molecule has 0 spiro atoms. The minimum absolute atomic E-state index is 0.331. The van der Waals surface area contributed by atoms with Gasteiger partial charge < -0.3 is 23.7 Å². The molecule has 0 saturated carbocycles. The van der Waals surface area contributed by atoms with Crippen LogP contribution in [0.25, 0.3) is 0 Å². The third-order valence-electron chi connectivity index (χ3n) is 4.29. The molecule has 0 bridgehead atoms. The molecule has 0 aliphatic carbocycles. The summed E-state index contributed by atoms with van der Waals surface area (Å²) < 4.78 is 26.9. The molecule has 2 aliphatic heterocycles. The largest absolute Gasteiger partial charge is 0.487 e. The van der Waals surface area contributed by atoms with Crippen molar-refractivity contribution >= 4 is 11.9 Å². The van der Waals surface area contributed by atoms with E-state index in [1.807, 2.05) is 27.7 Å². The van der Waals surface area contributed by atoms with Gasteiger partial charge >= 0.3 is 11.9 Å². The van der Waals surface area contributed by atoms with Gasteiger partial charge in [-0.15, -0.1) is 0 Å². The van der Waals surface area contributed by atoms with E-state index in [9.17, 15) is 9.59 Å². The molecule has 0 saturated heterocycles. The molecule has 1 aromatic rings. The number of hydrogen-bond donors (Lipinski definition) is 0. The van der Waals surface area contributed by atoms with Gasteiger partial charge in [0.25, 0.3) is 11.5 Å². The lowest BCUT2D eigenvalue weighted by Gasteiger charge is -2.25. The van der Waals surface area contributed by atoms with E-state index >= 15 is 0 Å². The average Bonchev–Trinajstić information content (AvgIpc) is 2.93. The first-order chi connectivity index (χ1) is 11.7. The van der Waals surface area contributed by atoms with Crippen LogP contribution in [-0.2, 0) is 25.5 Å². The van der Waals surface area contributed by atoms with Gasteiger partial charge in [0.05, 0.1) is 14.2 Å². The van der Waals surface area contributed by atoms with Crippen molar-refractivity contribution in [2.45, 2.75) is 39.7 Å². The topological polar surface area (TPSA) is 80.3 Å². The molecule has 1 aromatic carbocycles. The lowest BCUT2D eigenvalue weighted by molar-refractivity contribution is -0.143. The summed E-state index contributed by atoms with van der Waals surface area (Å²) in [5, 5.41) is 0. The molecule has 3 rings (SSSR count). The Morgan fingerprint density at radius 2 is 1.36 bits per heavy atom. The fourth-order valence-corrected chi connectivity index (χ4v) is 3.06. The molecule has 2 heterocycles. The number of methoxy groups -OCH3 is 2. The van der Waals surface area contributed by atoms with Crippen LogP contribution in [0.15, 0.2) is 11.5 Å². The number of carbonyl (C=O) groups excluding carboxylic acids is 2. The van der Waals surface area contributed by atoms with Gasteiger partial charge in [0.15, 0.2) is 11.5 Å². The van der Waals surface area contributed by atoms with Crippen molar-refractivity contribution in [3.05, 3.63) is 28.2 Å². The molecule has 0 amide bonds. The number of rotatable bonds is 2. The van der Waals surface area contributed by atoms with Crippen LogP contribution in [0.1, 0.15) is 30.5 Å². The Bertz CT molecular complexity index is 752. The molecule has 2 aliphatic rings. The van der Waals surface area contributed by atoms with Crippen LogP contribution < -0.4 is 14.2 Å². The molecule has 7 heteroatoms. The number of carbonyl (C=O) groups is 2. The first-order valence-electron chi connectivity index (χ1n) is 7.81. The van der Waals surface area contributed by atoms with Crippen LogP contribution in [0.5, 0.6) is 17.2 Å². The van der Waals surface area contributed by atoms with Crippen molar-refractivity contribution in [3.63, 3.8) is 0 Å². The summed E-state index contributed by atoms with van der Waals surface area (Å²) in [5.41, 5.74) is 2.14. The van der Waals surface area contributed by atoms with Gasteiger partial charge in [-0.25, -0.2) is 9.59 Å². The van der Waals surface area contributed by atoms with Crippen molar-refractivity contribution in [1.29, 1.82) is 0 Å². The zero-order valence-corrected chi connectivity index (χ0v) is 15.1. The van der Waals surface area contributed by atoms with Crippen molar-refractivity contribution in [1.82, 2.24) is 0 Å². The molecule has 0 unspecified atom stereocenters. The smallest absolute Gasteiger partial charge is 0.378 e. The standard InChI is InChI=1S/C18H20O7/c1-8-10-7-18(3,4)25-11(10)9(2)13-12(8)23-14(16(19)21-5)15(24-13)17(20)22-6/h7H2,1-6H3. The van der Waals surface area contributed by atoms with Gasteiger partial charge in [0.1, 0.15) is 11.4 Å². The Labute approximate surface area is 145 Å². The first-order valence-corrected chi connectivity index (χ1v) is 7.81.